The van der Waals surface area contributed by atoms with E-state index < -0.39 is 0 Å². The first-order chi connectivity index (χ1) is 10.7. The van der Waals surface area contributed by atoms with Gasteiger partial charge in [0, 0.05) is 24.6 Å². The van der Waals surface area contributed by atoms with Crippen molar-refractivity contribution in [3.63, 3.8) is 0 Å². The van der Waals surface area contributed by atoms with Gasteiger partial charge in [0.15, 0.2) is 0 Å². The first-order valence-electron chi connectivity index (χ1n) is 7.65. The first kappa shape index (κ1) is 16.6. The maximum absolute atomic E-state index is 12.2. The molecule has 0 aliphatic carbocycles. The van der Waals surface area contributed by atoms with Crippen LogP contribution in [-0.4, -0.2) is 59.5 Å². The normalized spacial score (nSPS) is 15.4. The van der Waals surface area contributed by atoms with Gasteiger partial charge in [0.05, 0.1) is 34.0 Å². The Labute approximate surface area is 131 Å². The molecular weight excluding hydrogens is 284 g/mol. The number of hydrogen-bond donors (Lipinski definition) is 2. The summed E-state index contributed by atoms with van der Waals surface area (Å²) in [7, 11) is 3.14. The lowest BCUT2D eigenvalue weighted by molar-refractivity contribution is -0.908. The molecular formula is C16H25N2O4+. The van der Waals surface area contributed by atoms with Crippen LogP contribution >= 0.6 is 0 Å². The van der Waals surface area contributed by atoms with Crippen LogP contribution in [0.1, 0.15) is 16.8 Å². The molecule has 1 aliphatic rings. The van der Waals surface area contributed by atoms with Crippen LogP contribution in [0.3, 0.4) is 0 Å². The van der Waals surface area contributed by atoms with Crippen molar-refractivity contribution >= 4 is 5.91 Å². The van der Waals surface area contributed by atoms with Gasteiger partial charge in [-0.2, -0.15) is 0 Å². The molecule has 1 saturated heterocycles. The van der Waals surface area contributed by atoms with E-state index in [0.29, 0.717) is 23.6 Å². The summed E-state index contributed by atoms with van der Waals surface area (Å²) in [5.74, 6) is 1.12. The number of hydrogen-bond acceptors (Lipinski definition) is 4. The number of nitrogens with one attached hydrogen (secondary N) is 2. The summed E-state index contributed by atoms with van der Waals surface area (Å²) in [6, 6.07) is 5.18. The molecule has 0 bridgehead atoms. The minimum atomic E-state index is -0.103. The monoisotopic (exact) mass is 309 g/mol. The lowest BCUT2D eigenvalue weighted by atomic mass is 10.2. The third kappa shape index (κ3) is 4.89. The second-order valence-corrected chi connectivity index (χ2v) is 5.32. The number of methoxy groups -OCH3 is 2. The number of rotatable bonds is 7. The number of carbonyl (C=O) groups is 1. The van der Waals surface area contributed by atoms with Gasteiger partial charge in [0.1, 0.15) is 24.6 Å². The fourth-order valence-electron chi connectivity index (χ4n) is 2.49. The van der Waals surface area contributed by atoms with Crippen LogP contribution in [0.2, 0.25) is 0 Å². The Kier molecular flexibility index (Phi) is 6.48. The number of ether oxygens (including phenoxy) is 3. The molecule has 1 amide bonds. The summed E-state index contributed by atoms with van der Waals surface area (Å²) in [5, 5.41) is 2.95. The summed E-state index contributed by atoms with van der Waals surface area (Å²) < 4.78 is 15.7. The van der Waals surface area contributed by atoms with Crippen LogP contribution in [0.15, 0.2) is 18.2 Å². The molecule has 6 heteroatoms. The van der Waals surface area contributed by atoms with E-state index in [1.807, 2.05) is 0 Å². The molecule has 0 aromatic heterocycles. The molecule has 0 unspecified atom stereocenters. The average molecular weight is 309 g/mol. The lowest BCUT2D eigenvalue weighted by Gasteiger charge is -2.23. The Hall–Kier alpha value is -1.79. The van der Waals surface area contributed by atoms with Gasteiger partial charge < -0.3 is 24.4 Å². The van der Waals surface area contributed by atoms with E-state index in [4.69, 9.17) is 14.2 Å². The van der Waals surface area contributed by atoms with Crippen molar-refractivity contribution in [2.75, 3.05) is 53.6 Å². The third-order valence-electron chi connectivity index (χ3n) is 3.81. The van der Waals surface area contributed by atoms with Crippen LogP contribution in [-0.2, 0) is 4.74 Å². The number of quaternary nitrogens is 1. The number of carbonyl (C=O) groups excluding carboxylic acids is 1. The van der Waals surface area contributed by atoms with Gasteiger partial charge in [-0.25, -0.2) is 0 Å². The standard InChI is InChI=1S/C16H24N2O4/c1-20-14-10-13(11-15(12-14)21-2)16(19)17-4-3-5-18-6-8-22-9-7-18/h10-12H,3-9H2,1-2H3,(H,17,19)/p+1. The second kappa shape index (κ2) is 8.60. The van der Waals surface area contributed by atoms with Crippen LogP contribution in [0.4, 0.5) is 0 Å². The van der Waals surface area contributed by atoms with Crippen molar-refractivity contribution in [3.8, 4) is 11.5 Å². The number of benzene rings is 1. The number of morpholine rings is 1. The molecule has 1 aromatic carbocycles. The van der Waals surface area contributed by atoms with Crippen molar-refractivity contribution in [1.82, 2.24) is 5.32 Å². The smallest absolute Gasteiger partial charge is 0.251 e. The second-order valence-electron chi connectivity index (χ2n) is 5.32. The molecule has 122 valence electrons. The molecule has 0 spiro atoms. The highest BCUT2D eigenvalue weighted by Gasteiger charge is 2.13. The molecule has 0 saturated carbocycles. The van der Waals surface area contributed by atoms with E-state index in [-0.39, 0.29) is 5.91 Å². The minimum absolute atomic E-state index is 0.103. The molecule has 1 aromatic rings. The Morgan fingerprint density at radius 1 is 1.18 bits per heavy atom. The van der Waals surface area contributed by atoms with Gasteiger partial charge in [-0.3, -0.25) is 4.79 Å². The van der Waals surface area contributed by atoms with Gasteiger partial charge in [-0.05, 0) is 12.1 Å². The fourth-order valence-corrected chi connectivity index (χ4v) is 2.49. The van der Waals surface area contributed by atoms with Crippen molar-refractivity contribution in [2.24, 2.45) is 0 Å². The first-order valence-corrected chi connectivity index (χ1v) is 7.65. The van der Waals surface area contributed by atoms with E-state index in [2.05, 4.69) is 5.32 Å². The SMILES string of the molecule is COc1cc(OC)cc(C(=O)NCCC[NH+]2CCOCC2)c1. The highest BCUT2D eigenvalue weighted by molar-refractivity contribution is 5.95. The van der Waals surface area contributed by atoms with Crippen LogP contribution in [0, 0.1) is 0 Å². The van der Waals surface area contributed by atoms with Crippen LogP contribution < -0.4 is 19.7 Å². The molecule has 0 atom stereocenters. The van der Waals surface area contributed by atoms with E-state index in [0.717, 1.165) is 39.3 Å². The molecule has 1 heterocycles. The van der Waals surface area contributed by atoms with Gasteiger partial charge in [0.25, 0.3) is 5.91 Å². The average Bonchev–Trinajstić information content (AvgIpc) is 2.58. The van der Waals surface area contributed by atoms with Crippen molar-refractivity contribution in [3.05, 3.63) is 23.8 Å². The Morgan fingerprint density at radius 3 is 2.41 bits per heavy atom. The molecule has 6 nitrogen and oxygen atoms in total. The maximum atomic E-state index is 12.2. The summed E-state index contributed by atoms with van der Waals surface area (Å²) in [5.41, 5.74) is 0.551. The topological polar surface area (TPSA) is 61.2 Å². The van der Waals surface area contributed by atoms with Crippen LogP contribution in [0.5, 0.6) is 11.5 Å². The largest absolute Gasteiger partial charge is 0.497 e. The van der Waals surface area contributed by atoms with Gasteiger partial charge >= 0.3 is 0 Å². The zero-order chi connectivity index (χ0) is 15.8. The zero-order valence-corrected chi connectivity index (χ0v) is 13.3. The molecule has 0 radical (unpaired) electrons. The Bertz CT molecular complexity index is 465. The maximum Gasteiger partial charge on any atom is 0.251 e. The van der Waals surface area contributed by atoms with Crippen molar-refractivity contribution < 1.29 is 23.9 Å². The summed E-state index contributed by atoms with van der Waals surface area (Å²) in [4.78, 5) is 13.7. The molecule has 22 heavy (non-hydrogen) atoms. The highest BCUT2D eigenvalue weighted by Crippen LogP contribution is 2.22. The van der Waals surface area contributed by atoms with Gasteiger partial charge in [-0.15, -0.1) is 0 Å². The van der Waals surface area contributed by atoms with Crippen molar-refractivity contribution in [1.29, 1.82) is 0 Å². The Balaban J connectivity index is 1.79. The summed E-state index contributed by atoms with van der Waals surface area (Å²) in [6.45, 7) is 5.52. The van der Waals surface area contributed by atoms with E-state index >= 15 is 0 Å². The minimum Gasteiger partial charge on any atom is -0.497 e. The fraction of sp³-hybridized carbons (Fsp3) is 0.562. The summed E-state index contributed by atoms with van der Waals surface area (Å²) in [6.07, 6.45) is 0.960. The molecule has 2 N–H and O–H groups in total. The summed E-state index contributed by atoms with van der Waals surface area (Å²) >= 11 is 0. The quantitative estimate of drug-likeness (QED) is 0.681. The molecule has 1 fully saturated rings. The van der Waals surface area contributed by atoms with E-state index in [1.54, 1.807) is 37.3 Å². The molecule has 1 aliphatic heterocycles. The zero-order valence-electron chi connectivity index (χ0n) is 13.3. The van der Waals surface area contributed by atoms with Crippen molar-refractivity contribution in [2.45, 2.75) is 6.42 Å². The molecule has 2 rings (SSSR count). The van der Waals surface area contributed by atoms with Gasteiger partial charge in [-0.1, -0.05) is 0 Å². The highest BCUT2D eigenvalue weighted by atomic mass is 16.5. The van der Waals surface area contributed by atoms with Crippen LogP contribution in [0.25, 0.3) is 0 Å². The third-order valence-corrected chi connectivity index (χ3v) is 3.81. The van der Waals surface area contributed by atoms with Gasteiger partial charge in [0.2, 0.25) is 0 Å². The number of amides is 1. The predicted octanol–water partition coefficient (Wildman–Crippen LogP) is -0.261. The Morgan fingerprint density at radius 2 is 1.82 bits per heavy atom. The van der Waals surface area contributed by atoms with E-state index in [9.17, 15) is 4.79 Å². The van der Waals surface area contributed by atoms with E-state index in [1.165, 1.54) is 0 Å². The predicted molar refractivity (Wildman–Crippen MR) is 82.9 cm³/mol. The lowest BCUT2D eigenvalue weighted by Crippen LogP contribution is -3.14.